The van der Waals surface area contributed by atoms with Crippen LogP contribution in [0.25, 0.3) is 17.0 Å². The van der Waals surface area contributed by atoms with Crippen LogP contribution in [0.1, 0.15) is 11.1 Å². The van der Waals surface area contributed by atoms with Crippen molar-refractivity contribution in [3.8, 4) is 0 Å². The highest BCUT2D eigenvalue weighted by atomic mass is 35.5. The minimum Gasteiger partial charge on any atom is -0.342 e. The van der Waals surface area contributed by atoms with Gasteiger partial charge in [0.05, 0.1) is 17.2 Å². The fourth-order valence-corrected chi connectivity index (χ4v) is 4.29. The molecule has 1 saturated heterocycles. The van der Waals surface area contributed by atoms with Crippen LogP contribution in [0, 0.1) is 10.1 Å². The molecule has 2 heterocycles. The van der Waals surface area contributed by atoms with Gasteiger partial charge in [-0.05, 0) is 36.4 Å². The molecule has 5 rings (SSSR count). The van der Waals surface area contributed by atoms with Crippen molar-refractivity contribution in [3.63, 3.8) is 0 Å². The maximum Gasteiger partial charge on any atom is 0.335 e. The van der Waals surface area contributed by atoms with Gasteiger partial charge in [-0.25, -0.2) is 9.69 Å². The van der Waals surface area contributed by atoms with E-state index in [0.717, 1.165) is 15.8 Å². The molecule has 1 aliphatic heterocycles. The van der Waals surface area contributed by atoms with E-state index in [2.05, 4.69) is 5.32 Å². The number of nitro benzene ring substituents is 1. The van der Waals surface area contributed by atoms with E-state index in [9.17, 15) is 24.5 Å². The average molecular weight is 501 g/mol. The van der Waals surface area contributed by atoms with Gasteiger partial charge < -0.3 is 4.57 Å². The van der Waals surface area contributed by atoms with Crippen LogP contribution in [-0.2, 0) is 16.1 Å². The van der Waals surface area contributed by atoms with Crippen LogP contribution < -0.4 is 10.2 Å². The lowest BCUT2D eigenvalue weighted by atomic mass is 10.1. The van der Waals surface area contributed by atoms with Gasteiger partial charge >= 0.3 is 6.03 Å². The number of imide groups is 2. The molecule has 4 aromatic rings. The standard InChI is InChI=1S/C26H17ClN4O5/c27-18-9-11-19(12-10-18)30-25(33)21(24(32)28-26(30)34)13-17-15-29(23-8-4-2-6-20(17)23)14-16-5-1-3-7-22(16)31(35)36/h1-13,15H,14H2,(H,28,32,34). The number of barbiturate groups is 1. The largest absolute Gasteiger partial charge is 0.342 e. The lowest BCUT2D eigenvalue weighted by molar-refractivity contribution is -0.385. The summed E-state index contributed by atoms with van der Waals surface area (Å²) in [6.45, 7) is 0.205. The van der Waals surface area contributed by atoms with E-state index in [1.807, 2.05) is 28.8 Å². The second-order valence-electron chi connectivity index (χ2n) is 8.05. The first-order valence-electron chi connectivity index (χ1n) is 10.8. The highest BCUT2D eigenvalue weighted by molar-refractivity contribution is 6.39. The first-order valence-corrected chi connectivity index (χ1v) is 11.2. The van der Waals surface area contributed by atoms with E-state index in [1.54, 1.807) is 24.4 Å². The van der Waals surface area contributed by atoms with Gasteiger partial charge in [0, 0.05) is 39.3 Å². The van der Waals surface area contributed by atoms with Crippen LogP contribution in [0.4, 0.5) is 16.2 Å². The van der Waals surface area contributed by atoms with Gasteiger partial charge in [-0.3, -0.25) is 25.0 Å². The number of halogens is 1. The molecule has 0 atom stereocenters. The molecule has 0 radical (unpaired) electrons. The molecule has 1 N–H and O–H groups in total. The quantitative estimate of drug-likeness (QED) is 0.181. The number of carbonyl (C=O) groups is 3. The number of fused-ring (bicyclic) bond motifs is 1. The molecule has 1 aliphatic rings. The van der Waals surface area contributed by atoms with Gasteiger partial charge in [0.15, 0.2) is 0 Å². The highest BCUT2D eigenvalue weighted by Gasteiger charge is 2.37. The van der Waals surface area contributed by atoms with Crippen molar-refractivity contribution in [3.05, 3.63) is 111 Å². The van der Waals surface area contributed by atoms with E-state index in [4.69, 9.17) is 11.6 Å². The molecule has 1 aromatic heterocycles. The van der Waals surface area contributed by atoms with Crippen molar-refractivity contribution >= 4 is 57.8 Å². The Morgan fingerprint density at radius 2 is 1.64 bits per heavy atom. The monoisotopic (exact) mass is 500 g/mol. The molecule has 4 amide bonds. The summed E-state index contributed by atoms with van der Waals surface area (Å²) in [6, 6.07) is 19.0. The lowest BCUT2D eigenvalue weighted by Crippen LogP contribution is -2.54. The molecule has 1 fully saturated rings. The van der Waals surface area contributed by atoms with Crippen LogP contribution in [0.5, 0.6) is 0 Å². The predicted octanol–water partition coefficient (Wildman–Crippen LogP) is 4.92. The molecular formula is C26H17ClN4O5. The van der Waals surface area contributed by atoms with Crippen LogP contribution in [-0.4, -0.2) is 27.3 Å². The van der Waals surface area contributed by atoms with Gasteiger partial charge in [0.25, 0.3) is 17.5 Å². The summed E-state index contributed by atoms with van der Waals surface area (Å²) in [7, 11) is 0. The topological polar surface area (TPSA) is 115 Å². The number of nitrogens with zero attached hydrogens (tertiary/aromatic N) is 3. The third kappa shape index (κ3) is 4.12. The molecular weight excluding hydrogens is 484 g/mol. The third-order valence-electron chi connectivity index (χ3n) is 5.83. The molecule has 0 aliphatic carbocycles. The zero-order valence-corrected chi connectivity index (χ0v) is 19.3. The van der Waals surface area contributed by atoms with Crippen molar-refractivity contribution in [2.45, 2.75) is 6.54 Å². The predicted molar refractivity (Wildman–Crippen MR) is 135 cm³/mol. The number of hydrogen-bond acceptors (Lipinski definition) is 5. The molecule has 178 valence electrons. The number of nitrogens with one attached hydrogen (secondary N) is 1. The zero-order chi connectivity index (χ0) is 25.4. The maximum atomic E-state index is 13.3. The molecule has 0 saturated carbocycles. The van der Waals surface area contributed by atoms with Gasteiger partial charge in [0.2, 0.25) is 0 Å². The molecule has 0 unspecified atom stereocenters. The van der Waals surface area contributed by atoms with Crippen molar-refractivity contribution < 1.29 is 19.3 Å². The Morgan fingerprint density at radius 3 is 2.39 bits per heavy atom. The van der Waals surface area contributed by atoms with Crippen LogP contribution in [0.15, 0.2) is 84.6 Å². The van der Waals surface area contributed by atoms with E-state index in [1.165, 1.54) is 36.4 Å². The fraction of sp³-hybridized carbons (Fsp3) is 0.0385. The third-order valence-corrected chi connectivity index (χ3v) is 6.09. The van der Waals surface area contributed by atoms with Gasteiger partial charge in [-0.2, -0.15) is 0 Å². The maximum absolute atomic E-state index is 13.3. The minimum atomic E-state index is -0.858. The first-order chi connectivity index (χ1) is 17.3. The summed E-state index contributed by atoms with van der Waals surface area (Å²) in [5, 5.41) is 14.8. The molecule has 9 nitrogen and oxygen atoms in total. The normalized spacial score (nSPS) is 15.0. The number of hydrogen-bond donors (Lipinski definition) is 1. The lowest BCUT2D eigenvalue weighted by Gasteiger charge is -2.26. The molecule has 0 bridgehead atoms. The summed E-state index contributed by atoms with van der Waals surface area (Å²) < 4.78 is 1.82. The second kappa shape index (κ2) is 9.12. The van der Waals surface area contributed by atoms with Crippen molar-refractivity contribution in [1.29, 1.82) is 0 Å². The molecule has 10 heteroatoms. The number of anilines is 1. The summed E-state index contributed by atoms with van der Waals surface area (Å²) >= 11 is 5.92. The summed E-state index contributed by atoms with van der Waals surface area (Å²) in [6.07, 6.45) is 3.14. The number of rotatable bonds is 5. The molecule has 0 spiro atoms. The van der Waals surface area contributed by atoms with Crippen molar-refractivity contribution in [1.82, 2.24) is 9.88 Å². The average Bonchev–Trinajstić information content (AvgIpc) is 3.20. The summed E-state index contributed by atoms with van der Waals surface area (Å²) in [5.41, 5.74) is 1.85. The SMILES string of the molecule is O=C1NC(=O)N(c2ccc(Cl)cc2)C(=O)C1=Cc1cn(Cc2ccccc2[N+](=O)[O-])c2ccccc12. The first kappa shape index (κ1) is 23.0. The van der Waals surface area contributed by atoms with Crippen molar-refractivity contribution in [2.24, 2.45) is 0 Å². The van der Waals surface area contributed by atoms with Gasteiger partial charge in [0.1, 0.15) is 5.57 Å². The number of carbonyl (C=O) groups excluding carboxylic acids is 3. The van der Waals surface area contributed by atoms with E-state index >= 15 is 0 Å². The Labute approximate surface area is 209 Å². The Hall–Kier alpha value is -4.76. The number of aromatic nitrogens is 1. The van der Waals surface area contributed by atoms with Crippen LogP contribution in [0.3, 0.4) is 0 Å². The summed E-state index contributed by atoms with van der Waals surface area (Å²) in [5.74, 6) is -1.59. The number of nitro groups is 1. The number of para-hydroxylation sites is 2. The van der Waals surface area contributed by atoms with E-state index in [0.29, 0.717) is 16.1 Å². The minimum absolute atomic E-state index is 0.00543. The molecule has 36 heavy (non-hydrogen) atoms. The Bertz CT molecular complexity index is 1590. The number of urea groups is 1. The molecule has 3 aromatic carbocycles. The Kier molecular flexibility index (Phi) is 5.83. The number of amides is 4. The van der Waals surface area contributed by atoms with E-state index < -0.39 is 22.8 Å². The Morgan fingerprint density at radius 1 is 0.944 bits per heavy atom. The van der Waals surface area contributed by atoms with Gasteiger partial charge in [-0.1, -0.05) is 48.0 Å². The van der Waals surface area contributed by atoms with Gasteiger partial charge in [-0.15, -0.1) is 0 Å². The fourth-order valence-electron chi connectivity index (χ4n) is 4.16. The highest BCUT2D eigenvalue weighted by Crippen LogP contribution is 2.29. The van der Waals surface area contributed by atoms with Crippen LogP contribution in [0.2, 0.25) is 5.02 Å². The Balaban J connectivity index is 1.58. The van der Waals surface area contributed by atoms with E-state index in [-0.39, 0.29) is 23.5 Å². The van der Waals surface area contributed by atoms with Crippen LogP contribution >= 0.6 is 11.6 Å². The smallest absolute Gasteiger partial charge is 0.335 e. The summed E-state index contributed by atoms with van der Waals surface area (Å²) in [4.78, 5) is 50.3. The second-order valence-corrected chi connectivity index (χ2v) is 8.49. The number of benzene rings is 3. The van der Waals surface area contributed by atoms with Crippen molar-refractivity contribution in [2.75, 3.05) is 4.90 Å². The zero-order valence-electron chi connectivity index (χ0n) is 18.6.